The van der Waals surface area contributed by atoms with Gasteiger partial charge in [-0.05, 0) is 38.3 Å². The Morgan fingerprint density at radius 2 is 2.07 bits per heavy atom. The summed E-state index contributed by atoms with van der Waals surface area (Å²) in [4.78, 5) is 22.9. The van der Waals surface area contributed by atoms with Crippen LogP contribution >= 0.6 is 0 Å². The number of nitrogens with zero attached hydrogens (tertiary/aromatic N) is 4. The maximum Gasteiger partial charge on any atom is 0.278 e. The van der Waals surface area contributed by atoms with Gasteiger partial charge in [0.15, 0.2) is 6.61 Å². The first-order valence-corrected chi connectivity index (χ1v) is 8.95. The van der Waals surface area contributed by atoms with Crippen molar-refractivity contribution in [3.63, 3.8) is 0 Å². The van der Waals surface area contributed by atoms with E-state index in [1.165, 1.54) is 12.6 Å². The Morgan fingerprint density at radius 3 is 2.85 bits per heavy atom. The van der Waals surface area contributed by atoms with Crippen molar-refractivity contribution in [1.82, 2.24) is 15.4 Å². The minimum absolute atomic E-state index is 0.0912. The van der Waals surface area contributed by atoms with E-state index in [1.54, 1.807) is 30.3 Å². The number of hydrogen-bond acceptors (Lipinski definition) is 7. The molecule has 1 aliphatic heterocycles. The van der Waals surface area contributed by atoms with Crippen molar-refractivity contribution >= 4 is 18.1 Å². The number of carbonyl (C=O) groups excluding carboxylic acids is 1. The zero-order valence-corrected chi connectivity index (χ0v) is 15.3. The molecule has 1 aliphatic rings. The molecule has 8 nitrogen and oxygen atoms in total. The first-order valence-electron chi connectivity index (χ1n) is 8.95. The highest BCUT2D eigenvalue weighted by Gasteiger charge is 2.15. The fourth-order valence-electron chi connectivity index (χ4n) is 2.78. The van der Waals surface area contributed by atoms with E-state index in [1.807, 2.05) is 6.92 Å². The van der Waals surface area contributed by atoms with Crippen molar-refractivity contribution < 1.29 is 14.6 Å². The van der Waals surface area contributed by atoms with Crippen molar-refractivity contribution in [2.24, 2.45) is 5.10 Å². The molecule has 142 valence electrons. The van der Waals surface area contributed by atoms with Gasteiger partial charge in [-0.1, -0.05) is 12.1 Å². The van der Waals surface area contributed by atoms with E-state index >= 15 is 0 Å². The third-order valence-corrected chi connectivity index (χ3v) is 4.14. The minimum Gasteiger partial charge on any atom is -0.507 e. The number of piperidine rings is 1. The number of aromatic nitrogens is 2. The summed E-state index contributed by atoms with van der Waals surface area (Å²) in [6, 6.07) is 8.41. The Hall–Kier alpha value is -3.16. The largest absolute Gasteiger partial charge is 0.507 e. The number of ether oxygens (including phenoxy) is 1. The molecule has 0 aliphatic carbocycles. The van der Waals surface area contributed by atoms with Crippen LogP contribution in [0.1, 0.15) is 30.5 Å². The molecule has 1 aromatic carbocycles. The van der Waals surface area contributed by atoms with Crippen molar-refractivity contribution in [1.29, 1.82) is 0 Å². The number of hydrazone groups is 1. The Kier molecular flexibility index (Phi) is 6.19. The fraction of sp³-hybridized carbons (Fsp3) is 0.368. The lowest BCUT2D eigenvalue weighted by Crippen LogP contribution is -2.31. The number of rotatable bonds is 6. The second-order valence-electron chi connectivity index (χ2n) is 6.34. The zero-order valence-electron chi connectivity index (χ0n) is 15.3. The lowest BCUT2D eigenvalue weighted by molar-refractivity contribution is -0.123. The molecule has 0 spiro atoms. The van der Waals surface area contributed by atoms with Gasteiger partial charge < -0.3 is 14.7 Å². The molecule has 2 N–H and O–H groups in total. The minimum atomic E-state index is -0.419. The lowest BCUT2D eigenvalue weighted by Gasteiger charge is -2.26. The molecule has 2 aromatic rings. The third kappa shape index (κ3) is 5.40. The molecule has 1 saturated heterocycles. The molecule has 1 amide bonds. The first kappa shape index (κ1) is 18.6. The second kappa shape index (κ2) is 8.98. The summed E-state index contributed by atoms with van der Waals surface area (Å²) in [7, 11) is 0. The van der Waals surface area contributed by atoms with Crippen molar-refractivity contribution in [3.8, 4) is 11.6 Å². The predicted molar refractivity (Wildman–Crippen MR) is 102 cm³/mol. The molecule has 0 radical (unpaired) electrons. The van der Waals surface area contributed by atoms with Gasteiger partial charge in [-0.15, -0.1) is 0 Å². The first-order chi connectivity index (χ1) is 13.1. The number of nitrogens with one attached hydrogen (secondary N) is 1. The molecule has 1 fully saturated rings. The van der Waals surface area contributed by atoms with E-state index in [9.17, 15) is 9.90 Å². The fourth-order valence-corrected chi connectivity index (χ4v) is 2.78. The topological polar surface area (TPSA) is 99.9 Å². The molecule has 0 unspecified atom stereocenters. The van der Waals surface area contributed by atoms with Crippen LogP contribution in [0, 0.1) is 6.92 Å². The van der Waals surface area contributed by atoms with E-state index in [-0.39, 0.29) is 12.4 Å². The summed E-state index contributed by atoms with van der Waals surface area (Å²) in [6.45, 7) is 3.53. The molecule has 0 saturated carbocycles. The van der Waals surface area contributed by atoms with E-state index in [2.05, 4.69) is 25.4 Å². The number of phenolic OH excluding ortho intramolecular Hbond substituents is 1. The highest BCUT2D eigenvalue weighted by Crippen LogP contribution is 2.19. The molecule has 0 atom stereocenters. The average molecular weight is 369 g/mol. The summed E-state index contributed by atoms with van der Waals surface area (Å²) >= 11 is 0. The van der Waals surface area contributed by atoms with Gasteiger partial charge in [-0.25, -0.2) is 10.4 Å². The van der Waals surface area contributed by atoms with Crippen LogP contribution in [-0.4, -0.2) is 46.9 Å². The predicted octanol–water partition coefficient (Wildman–Crippen LogP) is 2.01. The molecule has 8 heteroatoms. The molecule has 2 heterocycles. The van der Waals surface area contributed by atoms with Crippen LogP contribution in [0.5, 0.6) is 11.6 Å². The molecule has 1 aromatic heterocycles. The number of aryl methyl sites for hydroxylation is 1. The number of carbonyl (C=O) groups is 1. The van der Waals surface area contributed by atoms with Gasteiger partial charge in [-0.2, -0.15) is 10.1 Å². The number of amides is 1. The maximum absolute atomic E-state index is 11.9. The lowest BCUT2D eigenvalue weighted by atomic mass is 10.1. The van der Waals surface area contributed by atoms with Crippen LogP contribution in [0.4, 0.5) is 5.95 Å². The Balaban J connectivity index is 1.54. The Morgan fingerprint density at radius 1 is 1.30 bits per heavy atom. The second-order valence-corrected chi connectivity index (χ2v) is 6.34. The number of hydrogen-bond donors (Lipinski definition) is 2. The van der Waals surface area contributed by atoms with Gasteiger partial charge in [0.1, 0.15) is 5.75 Å². The molecular formula is C19H23N5O3. The van der Waals surface area contributed by atoms with E-state index in [0.29, 0.717) is 17.4 Å². The van der Waals surface area contributed by atoms with Crippen LogP contribution in [-0.2, 0) is 4.79 Å². The number of para-hydroxylation sites is 1. The SMILES string of the molecule is Cc1cc(OCC(=O)N/N=C/c2ccccc2O)nc(N2CCCCC2)n1. The highest BCUT2D eigenvalue weighted by atomic mass is 16.5. The average Bonchev–Trinajstić information content (AvgIpc) is 2.68. The molecular weight excluding hydrogens is 346 g/mol. The van der Waals surface area contributed by atoms with E-state index in [4.69, 9.17) is 4.74 Å². The summed E-state index contributed by atoms with van der Waals surface area (Å²) in [6.07, 6.45) is 4.86. The number of benzene rings is 1. The number of anilines is 1. The van der Waals surface area contributed by atoms with Crippen LogP contribution in [0.2, 0.25) is 0 Å². The van der Waals surface area contributed by atoms with Crippen LogP contribution in [0.15, 0.2) is 35.4 Å². The Bertz CT molecular complexity index is 819. The summed E-state index contributed by atoms with van der Waals surface area (Å²) in [5, 5.41) is 13.5. The summed E-state index contributed by atoms with van der Waals surface area (Å²) in [5.74, 6) is 0.677. The van der Waals surface area contributed by atoms with Gasteiger partial charge in [0.2, 0.25) is 11.8 Å². The maximum atomic E-state index is 11.9. The quantitative estimate of drug-likeness (QED) is 0.597. The van der Waals surface area contributed by atoms with Crippen LogP contribution in [0.3, 0.4) is 0 Å². The van der Waals surface area contributed by atoms with Gasteiger partial charge in [0.05, 0.1) is 6.21 Å². The standard InChI is InChI=1S/C19H23N5O3/c1-14-11-18(22-19(21-14)24-9-5-2-6-10-24)27-13-17(26)23-20-12-15-7-3-4-8-16(15)25/h3-4,7-8,11-12,25H,2,5-6,9-10,13H2,1H3,(H,23,26)/b20-12+. The normalized spacial score (nSPS) is 14.3. The van der Waals surface area contributed by atoms with Gasteiger partial charge >= 0.3 is 0 Å². The summed E-state index contributed by atoms with van der Waals surface area (Å²) < 4.78 is 5.49. The van der Waals surface area contributed by atoms with E-state index < -0.39 is 5.91 Å². The van der Waals surface area contributed by atoms with Gasteiger partial charge in [0.25, 0.3) is 5.91 Å². The molecule has 0 bridgehead atoms. The molecule has 27 heavy (non-hydrogen) atoms. The smallest absolute Gasteiger partial charge is 0.278 e. The molecule has 3 rings (SSSR count). The Labute approximate surface area is 157 Å². The van der Waals surface area contributed by atoms with Crippen LogP contribution < -0.4 is 15.1 Å². The number of phenols is 1. The van der Waals surface area contributed by atoms with Crippen molar-refractivity contribution in [2.75, 3.05) is 24.6 Å². The third-order valence-electron chi connectivity index (χ3n) is 4.14. The zero-order chi connectivity index (χ0) is 19.1. The monoisotopic (exact) mass is 369 g/mol. The van der Waals surface area contributed by atoms with Crippen LogP contribution in [0.25, 0.3) is 0 Å². The van der Waals surface area contributed by atoms with Crippen molar-refractivity contribution in [2.45, 2.75) is 26.2 Å². The van der Waals surface area contributed by atoms with Gasteiger partial charge in [0, 0.05) is 30.4 Å². The number of aromatic hydroxyl groups is 1. The highest BCUT2D eigenvalue weighted by molar-refractivity contribution is 5.85. The summed E-state index contributed by atoms with van der Waals surface area (Å²) in [5.41, 5.74) is 3.66. The van der Waals surface area contributed by atoms with Crippen molar-refractivity contribution in [3.05, 3.63) is 41.6 Å². The van der Waals surface area contributed by atoms with Gasteiger partial charge in [-0.3, -0.25) is 4.79 Å². The van der Waals surface area contributed by atoms with E-state index in [0.717, 1.165) is 31.6 Å².